The van der Waals surface area contributed by atoms with E-state index in [2.05, 4.69) is 5.32 Å². The highest BCUT2D eigenvalue weighted by Gasteiger charge is 2.40. The molecule has 176 valence electrons. The minimum absolute atomic E-state index is 0.0146. The van der Waals surface area contributed by atoms with Gasteiger partial charge in [-0.15, -0.1) is 0 Å². The van der Waals surface area contributed by atoms with Crippen LogP contribution < -0.4 is 10.1 Å². The van der Waals surface area contributed by atoms with E-state index in [-0.39, 0.29) is 79.6 Å². The van der Waals surface area contributed by atoms with Gasteiger partial charge in [0, 0.05) is 30.6 Å². The summed E-state index contributed by atoms with van der Waals surface area (Å²) in [5, 5.41) is 2.23. The maximum absolute atomic E-state index is 13.1. The summed E-state index contributed by atoms with van der Waals surface area (Å²) < 4.78 is 53.2. The molecule has 5 rings (SSSR count). The van der Waals surface area contributed by atoms with Crippen molar-refractivity contribution < 1.29 is 35.5 Å². The number of fused-ring (bicyclic) bond motifs is 1. The van der Waals surface area contributed by atoms with Crippen LogP contribution in [0.3, 0.4) is 0 Å². The molecular weight excluding hydrogens is 438 g/mol. The molecule has 0 aromatic heterocycles. The first-order chi connectivity index (χ1) is 18.5. The van der Waals surface area contributed by atoms with Gasteiger partial charge in [0.1, 0.15) is 25.0 Å². The lowest BCUT2D eigenvalue weighted by Crippen LogP contribution is -2.52. The van der Waals surface area contributed by atoms with Gasteiger partial charge in [-0.2, -0.15) is 0 Å². The summed E-state index contributed by atoms with van der Waals surface area (Å²) in [4.78, 5) is 51.7. The number of hydrogen-bond acceptors (Lipinski definition) is 6. The Morgan fingerprint density at radius 2 is 1.97 bits per heavy atom. The SMILES string of the molecule is [2H]c1cc(C([2H])N2CCOCC2=O)cc([2H])c1C([2H])([2H])Oc1cccc2c1CN(C1CCC(=O)NC1=O)C2=O. The lowest BCUT2D eigenvalue weighted by atomic mass is 10.0. The summed E-state index contributed by atoms with van der Waals surface area (Å²) in [6, 6.07) is 5.36. The van der Waals surface area contributed by atoms with Crippen LogP contribution in [-0.2, 0) is 38.7 Å². The molecule has 3 aliphatic rings. The number of piperidine rings is 1. The Kier molecular flexibility index (Phi) is 4.58. The first kappa shape index (κ1) is 16.8. The molecule has 9 nitrogen and oxygen atoms in total. The van der Waals surface area contributed by atoms with Crippen molar-refractivity contribution in [2.45, 2.75) is 38.5 Å². The van der Waals surface area contributed by atoms with Crippen LogP contribution in [0.1, 0.15) is 46.7 Å². The maximum Gasteiger partial charge on any atom is 0.255 e. The van der Waals surface area contributed by atoms with Gasteiger partial charge in [0.25, 0.3) is 5.91 Å². The number of rotatable bonds is 6. The van der Waals surface area contributed by atoms with Gasteiger partial charge in [0.15, 0.2) is 0 Å². The van der Waals surface area contributed by atoms with Crippen LogP contribution in [0.25, 0.3) is 0 Å². The van der Waals surface area contributed by atoms with Crippen molar-refractivity contribution in [1.82, 2.24) is 15.1 Å². The third-order valence-corrected chi connectivity index (χ3v) is 5.90. The second kappa shape index (κ2) is 9.26. The summed E-state index contributed by atoms with van der Waals surface area (Å²) in [7, 11) is 0. The number of ether oxygens (including phenoxy) is 2. The number of amides is 4. The number of nitrogens with zero attached hydrogens (tertiary/aromatic N) is 2. The van der Waals surface area contributed by atoms with Crippen LogP contribution in [0, 0.1) is 0 Å². The summed E-state index contributed by atoms with van der Waals surface area (Å²) in [6.07, 6.45) is 0.265. The minimum atomic E-state index is -2.67. The van der Waals surface area contributed by atoms with Crippen LogP contribution >= 0.6 is 0 Å². The number of imide groups is 1. The molecule has 2 fully saturated rings. The van der Waals surface area contributed by atoms with Crippen molar-refractivity contribution >= 4 is 23.6 Å². The molecule has 3 heterocycles. The molecule has 1 N–H and O–H groups in total. The third kappa shape index (κ3) is 4.38. The van der Waals surface area contributed by atoms with E-state index in [9.17, 15) is 19.2 Å². The fraction of sp³-hybridized carbons (Fsp3) is 0.360. The van der Waals surface area contributed by atoms with Crippen LogP contribution in [0.5, 0.6) is 5.75 Å². The fourth-order valence-electron chi connectivity index (χ4n) is 4.13. The molecule has 2 unspecified atom stereocenters. The van der Waals surface area contributed by atoms with Gasteiger partial charge >= 0.3 is 0 Å². The molecule has 3 aliphatic heterocycles. The van der Waals surface area contributed by atoms with Gasteiger partial charge in [-0.25, -0.2) is 0 Å². The van der Waals surface area contributed by atoms with E-state index in [0.717, 1.165) is 0 Å². The Morgan fingerprint density at radius 3 is 2.74 bits per heavy atom. The molecule has 2 saturated heterocycles. The normalized spacial score (nSPS) is 23.9. The van der Waals surface area contributed by atoms with Gasteiger partial charge in [-0.05, 0) is 29.7 Å². The van der Waals surface area contributed by atoms with Crippen LogP contribution in [0.2, 0.25) is 0 Å². The second-order valence-corrected chi connectivity index (χ2v) is 8.11. The third-order valence-electron chi connectivity index (χ3n) is 5.90. The highest BCUT2D eigenvalue weighted by Crippen LogP contribution is 2.34. The van der Waals surface area contributed by atoms with E-state index in [0.29, 0.717) is 5.56 Å². The predicted molar refractivity (Wildman–Crippen MR) is 119 cm³/mol. The van der Waals surface area contributed by atoms with Crippen LogP contribution in [0.4, 0.5) is 0 Å². The average Bonchev–Trinajstić information content (AvgIpc) is 3.20. The van der Waals surface area contributed by atoms with Crippen LogP contribution in [-0.4, -0.2) is 59.2 Å². The molecule has 4 amide bonds. The fourth-order valence-corrected chi connectivity index (χ4v) is 4.13. The molecule has 0 aliphatic carbocycles. The quantitative estimate of drug-likeness (QED) is 0.643. The van der Waals surface area contributed by atoms with Gasteiger partial charge in [-0.3, -0.25) is 24.5 Å². The van der Waals surface area contributed by atoms with E-state index in [1.807, 2.05) is 0 Å². The molecule has 2 aromatic rings. The Balaban J connectivity index is 1.40. The summed E-state index contributed by atoms with van der Waals surface area (Å²) in [6.45, 7) is -3.59. The standard InChI is InChI=1S/C25H25N3O6/c29-22-9-8-20(24(31)26-22)28-13-19-18(25(28)32)2-1-3-21(19)34-14-17-6-4-16(5-7-17)12-27-10-11-33-15-23(27)30/h1-7,20H,8-15H2,(H,26,29,31)/i6D,7D,12D,14D2. The van der Waals surface area contributed by atoms with Crippen molar-refractivity contribution in [3.05, 3.63) is 64.7 Å². The van der Waals surface area contributed by atoms with Gasteiger partial charge in [-0.1, -0.05) is 30.3 Å². The van der Waals surface area contributed by atoms with Crippen LogP contribution in [0.15, 0.2) is 42.4 Å². The molecule has 2 atom stereocenters. The zero-order chi connectivity index (χ0) is 28.1. The number of morpholine rings is 1. The first-order valence-electron chi connectivity index (χ1n) is 13.4. The lowest BCUT2D eigenvalue weighted by Gasteiger charge is -2.29. The summed E-state index contributed by atoms with van der Waals surface area (Å²) in [5.74, 6) is -1.80. The van der Waals surface area contributed by atoms with Crippen molar-refractivity contribution in [3.8, 4) is 5.75 Å². The number of benzene rings is 2. The molecule has 34 heavy (non-hydrogen) atoms. The molecule has 2 aromatic carbocycles. The van der Waals surface area contributed by atoms with Gasteiger partial charge in [0.2, 0.25) is 17.7 Å². The number of hydrogen-bond donors (Lipinski definition) is 1. The molecule has 0 radical (unpaired) electrons. The van der Waals surface area contributed by atoms with Crippen molar-refractivity contribution in [1.29, 1.82) is 0 Å². The van der Waals surface area contributed by atoms with E-state index in [1.165, 1.54) is 40.1 Å². The number of carbonyl (C=O) groups excluding carboxylic acids is 4. The minimum Gasteiger partial charge on any atom is -0.489 e. The number of carbonyl (C=O) groups is 4. The van der Waals surface area contributed by atoms with E-state index in [4.69, 9.17) is 16.3 Å². The molecule has 9 heteroatoms. The maximum atomic E-state index is 13.1. The first-order valence-corrected chi connectivity index (χ1v) is 10.8. The molecular formula is C25H25N3O6. The summed E-state index contributed by atoms with van der Waals surface area (Å²) in [5.41, 5.74) is 0.386. The Morgan fingerprint density at radius 1 is 1.15 bits per heavy atom. The highest BCUT2D eigenvalue weighted by molar-refractivity contribution is 6.05. The molecule has 0 spiro atoms. The monoisotopic (exact) mass is 468 g/mol. The Bertz CT molecular complexity index is 1360. The van der Waals surface area contributed by atoms with Gasteiger partial charge < -0.3 is 19.3 Å². The zero-order valence-corrected chi connectivity index (χ0v) is 18.1. The van der Waals surface area contributed by atoms with Crippen molar-refractivity contribution in [2.24, 2.45) is 0 Å². The van der Waals surface area contributed by atoms with E-state index < -0.39 is 36.8 Å². The average molecular weight is 469 g/mol. The second-order valence-electron chi connectivity index (χ2n) is 8.11. The van der Waals surface area contributed by atoms with Crippen molar-refractivity contribution in [3.63, 3.8) is 0 Å². The lowest BCUT2D eigenvalue weighted by molar-refractivity contribution is -0.143. The van der Waals surface area contributed by atoms with E-state index in [1.54, 1.807) is 0 Å². The molecule has 0 saturated carbocycles. The number of nitrogens with one attached hydrogen (secondary N) is 1. The predicted octanol–water partition coefficient (Wildman–Crippen LogP) is 1.39. The topological polar surface area (TPSA) is 105 Å². The zero-order valence-electron chi connectivity index (χ0n) is 23.1. The Hall–Kier alpha value is -3.72. The summed E-state index contributed by atoms with van der Waals surface area (Å²) >= 11 is 0. The van der Waals surface area contributed by atoms with E-state index >= 15 is 0 Å². The smallest absolute Gasteiger partial charge is 0.255 e. The molecule has 0 bridgehead atoms. The highest BCUT2D eigenvalue weighted by atomic mass is 16.5. The Labute approximate surface area is 203 Å². The van der Waals surface area contributed by atoms with Gasteiger partial charge in [0.05, 0.1) is 20.0 Å². The largest absolute Gasteiger partial charge is 0.489 e. The van der Waals surface area contributed by atoms with Crippen molar-refractivity contribution in [2.75, 3.05) is 19.8 Å².